The number of aryl methyl sites for hydroxylation is 1. The minimum Gasteiger partial charge on any atom is -0.480 e. The van der Waals surface area contributed by atoms with Crippen molar-refractivity contribution in [3.63, 3.8) is 0 Å². The van der Waals surface area contributed by atoms with Crippen LogP contribution in [0.1, 0.15) is 12.5 Å². The Kier molecular flexibility index (Phi) is 4.59. The lowest BCUT2D eigenvalue weighted by atomic mass is 10.2. The highest BCUT2D eigenvalue weighted by Gasteiger charge is 2.19. The van der Waals surface area contributed by atoms with Gasteiger partial charge in [-0.2, -0.15) is 0 Å². The Bertz CT molecular complexity index is 472. The number of nitrogens with one attached hydrogen (secondary N) is 1. The van der Waals surface area contributed by atoms with Gasteiger partial charge < -0.3 is 5.11 Å². The van der Waals surface area contributed by atoms with E-state index in [9.17, 15) is 13.2 Å². The van der Waals surface area contributed by atoms with Crippen LogP contribution in [0.15, 0.2) is 24.5 Å². The van der Waals surface area contributed by atoms with Crippen molar-refractivity contribution < 1.29 is 18.3 Å². The van der Waals surface area contributed by atoms with Gasteiger partial charge in [-0.1, -0.05) is 0 Å². The smallest absolute Gasteiger partial charge is 0.321 e. The molecule has 0 aromatic carbocycles. The SMILES string of the molecule is C[C@H](NS(=O)(=O)CCc1ccncc1)C(=O)O. The van der Waals surface area contributed by atoms with Gasteiger partial charge in [0.1, 0.15) is 6.04 Å². The Morgan fingerprint density at radius 2 is 2.06 bits per heavy atom. The molecule has 1 aromatic heterocycles. The van der Waals surface area contributed by atoms with E-state index in [4.69, 9.17) is 5.11 Å². The van der Waals surface area contributed by atoms with Crippen LogP contribution < -0.4 is 4.72 Å². The molecule has 0 bridgehead atoms. The molecule has 7 heteroatoms. The average Bonchev–Trinajstić information content (AvgIpc) is 2.27. The summed E-state index contributed by atoms with van der Waals surface area (Å²) in [6.07, 6.45) is 3.48. The zero-order valence-corrected chi connectivity index (χ0v) is 10.1. The molecule has 0 saturated heterocycles. The topological polar surface area (TPSA) is 96.4 Å². The molecule has 1 aromatic rings. The van der Waals surface area contributed by atoms with Crippen molar-refractivity contribution >= 4 is 16.0 Å². The van der Waals surface area contributed by atoms with Gasteiger partial charge in [0.25, 0.3) is 0 Å². The van der Waals surface area contributed by atoms with E-state index in [1.807, 2.05) is 0 Å². The zero-order valence-electron chi connectivity index (χ0n) is 9.33. The first kappa shape index (κ1) is 13.6. The summed E-state index contributed by atoms with van der Waals surface area (Å²) < 4.78 is 25.1. The maximum atomic E-state index is 11.5. The summed E-state index contributed by atoms with van der Waals surface area (Å²) in [4.78, 5) is 14.3. The van der Waals surface area contributed by atoms with Crippen molar-refractivity contribution in [2.24, 2.45) is 0 Å². The third kappa shape index (κ3) is 4.92. The molecular weight excluding hydrogens is 244 g/mol. The van der Waals surface area contributed by atoms with Crippen molar-refractivity contribution in [2.75, 3.05) is 5.75 Å². The van der Waals surface area contributed by atoms with Crippen LogP contribution >= 0.6 is 0 Å². The minimum absolute atomic E-state index is 0.144. The fraction of sp³-hybridized carbons (Fsp3) is 0.400. The van der Waals surface area contributed by atoms with E-state index in [2.05, 4.69) is 9.71 Å². The summed E-state index contributed by atoms with van der Waals surface area (Å²) in [5, 5.41) is 8.60. The number of hydrogen-bond acceptors (Lipinski definition) is 4. The average molecular weight is 258 g/mol. The van der Waals surface area contributed by atoms with Crippen LogP contribution in [0, 0.1) is 0 Å². The number of nitrogens with zero attached hydrogens (tertiary/aromatic N) is 1. The molecule has 0 saturated carbocycles. The fourth-order valence-electron chi connectivity index (χ4n) is 1.18. The Morgan fingerprint density at radius 1 is 1.47 bits per heavy atom. The monoisotopic (exact) mass is 258 g/mol. The van der Waals surface area contributed by atoms with Gasteiger partial charge in [0.2, 0.25) is 10.0 Å². The zero-order chi connectivity index (χ0) is 12.9. The molecule has 0 radical (unpaired) electrons. The molecule has 0 spiro atoms. The van der Waals surface area contributed by atoms with Crippen LogP contribution in [-0.4, -0.2) is 36.3 Å². The molecule has 0 aliphatic rings. The third-order valence-electron chi connectivity index (χ3n) is 2.14. The number of rotatable bonds is 6. The number of carboxylic acids is 1. The summed E-state index contributed by atoms with van der Waals surface area (Å²) in [5.41, 5.74) is 0.841. The number of sulfonamides is 1. The van der Waals surface area contributed by atoms with Gasteiger partial charge in [-0.25, -0.2) is 13.1 Å². The number of aliphatic carboxylic acids is 1. The van der Waals surface area contributed by atoms with Crippen molar-refractivity contribution in [1.29, 1.82) is 0 Å². The second-order valence-corrected chi connectivity index (χ2v) is 5.48. The maximum absolute atomic E-state index is 11.5. The van der Waals surface area contributed by atoms with Crippen molar-refractivity contribution in [3.05, 3.63) is 30.1 Å². The summed E-state index contributed by atoms with van der Waals surface area (Å²) in [7, 11) is -3.58. The van der Waals surface area contributed by atoms with Gasteiger partial charge in [0.05, 0.1) is 5.75 Å². The Morgan fingerprint density at radius 3 is 2.59 bits per heavy atom. The Labute approximate surface area is 99.7 Å². The number of hydrogen-bond donors (Lipinski definition) is 2. The van der Waals surface area contributed by atoms with E-state index < -0.39 is 22.0 Å². The van der Waals surface area contributed by atoms with E-state index in [0.29, 0.717) is 6.42 Å². The predicted molar refractivity (Wildman–Crippen MR) is 62.0 cm³/mol. The normalized spacial score (nSPS) is 13.2. The number of carbonyl (C=O) groups is 1. The lowest BCUT2D eigenvalue weighted by Gasteiger charge is -2.09. The van der Waals surface area contributed by atoms with Crippen LogP contribution in [0.3, 0.4) is 0 Å². The molecule has 0 fully saturated rings. The van der Waals surface area contributed by atoms with Crippen molar-refractivity contribution in [3.8, 4) is 0 Å². The van der Waals surface area contributed by atoms with E-state index in [1.165, 1.54) is 6.92 Å². The van der Waals surface area contributed by atoms with Gasteiger partial charge >= 0.3 is 5.97 Å². The molecule has 6 nitrogen and oxygen atoms in total. The molecule has 0 amide bonds. The highest BCUT2D eigenvalue weighted by atomic mass is 32.2. The fourth-order valence-corrected chi connectivity index (χ4v) is 2.44. The van der Waals surface area contributed by atoms with Gasteiger partial charge in [0, 0.05) is 12.4 Å². The second-order valence-electron chi connectivity index (χ2n) is 3.60. The summed E-state index contributed by atoms with van der Waals surface area (Å²) >= 11 is 0. The Hall–Kier alpha value is -1.47. The molecule has 1 heterocycles. The van der Waals surface area contributed by atoms with Crippen molar-refractivity contribution in [2.45, 2.75) is 19.4 Å². The lowest BCUT2D eigenvalue weighted by molar-refractivity contribution is -0.138. The first-order chi connectivity index (χ1) is 7.91. The van der Waals surface area contributed by atoms with Crippen molar-refractivity contribution in [1.82, 2.24) is 9.71 Å². The van der Waals surface area contributed by atoms with E-state index >= 15 is 0 Å². The molecule has 2 N–H and O–H groups in total. The second kappa shape index (κ2) is 5.74. The van der Waals surface area contributed by atoms with E-state index in [0.717, 1.165) is 5.56 Å². The minimum atomic E-state index is -3.58. The molecule has 1 atom stereocenters. The summed E-state index contributed by atoms with van der Waals surface area (Å²) in [5.74, 6) is -1.34. The first-order valence-electron chi connectivity index (χ1n) is 5.02. The van der Waals surface area contributed by atoms with Gasteiger partial charge in [-0.05, 0) is 31.0 Å². The first-order valence-corrected chi connectivity index (χ1v) is 6.67. The van der Waals surface area contributed by atoms with Gasteiger partial charge in [0.15, 0.2) is 0 Å². The van der Waals surface area contributed by atoms with Crippen LogP contribution in [0.4, 0.5) is 0 Å². The van der Waals surface area contributed by atoms with E-state index in [-0.39, 0.29) is 5.75 Å². The van der Waals surface area contributed by atoms with Crippen LogP contribution in [-0.2, 0) is 21.2 Å². The predicted octanol–water partition coefficient (Wildman–Crippen LogP) is 0.0166. The van der Waals surface area contributed by atoms with Crippen LogP contribution in [0.2, 0.25) is 0 Å². The number of carboxylic acid groups (broad SMARTS) is 1. The van der Waals surface area contributed by atoms with E-state index in [1.54, 1.807) is 24.5 Å². The highest BCUT2D eigenvalue weighted by molar-refractivity contribution is 7.89. The lowest BCUT2D eigenvalue weighted by Crippen LogP contribution is -2.39. The third-order valence-corrected chi connectivity index (χ3v) is 3.59. The quantitative estimate of drug-likeness (QED) is 0.749. The summed E-state index contributed by atoms with van der Waals surface area (Å²) in [6, 6.07) is 2.32. The Balaban J connectivity index is 2.54. The molecule has 94 valence electrons. The van der Waals surface area contributed by atoms with Gasteiger partial charge in [-0.3, -0.25) is 9.78 Å². The molecular formula is C10H14N2O4S. The molecule has 1 rings (SSSR count). The number of aromatic nitrogens is 1. The molecule has 0 aliphatic carbocycles. The molecule has 17 heavy (non-hydrogen) atoms. The van der Waals surface area contributed by atoms with Gasteiger partial charge in [-0.15, -0.1) is 0 Å². The summed E-state index contributed by atoms with van der Waals surface area (Å²) in [6.45, 7) is 1.28. The van der Waals surface area contributed by atoms with Crippen LogP contribution in [0.5, 0.6) is 0 Å². The largest absolute Gasteiger partial charge is 0.480 e. The highest BCUT2D eigenvalue weighted by Crippen LogP contribution is 2.00. The number of pyridine rings is 1. The molecule has 0 unspecified atom stereocenters. The maximum Gasteiger partial charge on any atom is 0.321 e. The standard InChI is InChI=1S/C10H14N2O4S/c1-8(10(13)14)12-17(15,16)7-4-9-2-5-11-6-3-9/h2-3,5-6,8,12H,4,7H2,1H3,(H,13,14)/t8-/m0/s1. The van der Waals surface area contributed by atoms with Crippen LogP contribution in [0.25, 0.3) is 0 Å². The molecule has 0 aliphatic heterocycles.